The van der Waals surface area contributed by atoms with E-state index in [1.54, 1.807) is 0 Å². The normalized spacial score (nSPS) is 16.8. The van der Waals surface area contributed by atoms with Crippen LogP contribution in [0.1, 0.15) is 103 Å². The first-order valence-corrected chi connectivity index (χ1v) is 11.2. The molecule has 0 aromatic carbocycles. The minimum absolute atomic E-state index is 1.26. The summed E-state index contributed by atoms with van der Waals surface area (Å²) in [5.41, 5.74) is 0. The third-order valence-corrected chi connectivity index (χ3v) is 5.67. The molecule has 24 heavy (non-hydrogen) atoms. The van der Waals surface area contributed by atoms with Crippen LogP contribution in [0.2, 0.25) is 0 Å². The van der Waals surface area contributed by atoms with E-state index in [0.29, 0.717) is 0 Å². The van der Waals surface area contributed by atoms with Crippen LogP contribution in [0.3, 0.4) is 0 Å². The standard InChI is InChI=1S/C22H46N2/c1-3-4-5-6-7-8-9-10-11-12-13-14-15-16-17-18-24-21-19-23(2)20-22-24/h3-22H2,1-2H3. The summed E-state index contributed by atoms with van der Waals surface area (Å²) in [6.07, 6.45) is 21.9. The van der Waals surface area contributed by atoms with Gasteiger partial charge in [0.05, 0.1) is 0 Å². The van der Waals surface area contributed by atoms with Crippen molar-refractivity contribution in [2.75, 3.05) is 39.8 Å². The van der Waals surface area contributed by atoms with Crippen molar-refractivity contribution in [1.29, 1.82) is 0 Å². The van der Waals surface area contributed by atoms with Crippen LogP contribution in [-0.4, -0.2) is 49.6 Å². The lowest BCUT2D eigenvalue weighted by Gasteiger charge is -2.32. The minimum atomic E-state index is 1.26. The number of rotatable bonds is 16. The van der Waals surface area contributed by atoms with E-state index in [0.717, 1.165) is 0 Å². The molecule has 2 heteroatoms. The van der Waals surface area contributed by atoms with Crippen LogP contribution in [0.4, 0.5) is 0 Å². The third kappa shape index (κ3) is 13.2. The summed E-state index contributed by atoms with van der Waals surface area (Å²) in [6.45, 7) is 8.74. The lowest BCUT2D eigenvalue weighted by molar-refractivity contribution is 0.152. The van der Waals surface area contributed by atoms with Crippen molar-refractivity contribution < 1.29 is 0 Å². The minimum Gasteiger partial charge on any atom is -0.304 e. The molecule has 1 heterocycles. The first-order chi connectivity index (χ1) is 11.8. The Bertz CT molecular complexity index is 246. The highest BCUT2D eigenvalue weighted by atomic mass is 15.2. The molecule has 1 aliphatic heterocycles. The number of unbranched alkanes of at least 4 members (excludes halogenated alkanes) is 14. The van der Waals surface area contributed by atoms with E-state index in [2.05, 4.69) is 23.8 Å². The van der Waals surface area contributed by atoms with E-state index in [1.807, 2.05) is 0 Å². The fraction of sp³-hybridized carbons (Fsp3) is 1.00. The molecule has 0 aromatic heterocycles. The molecule has 0 amide bonds. The number of hydrogen-bond donors (Lipinski definition) is 0. The highest BCUT2D eigenvalue weighted by Crippen LogP contribution is 2.13. The summed E-state index contributed by atoms with van der Waals surface area (Å²) in [5, 5.41) is 0. The maximum atomic E-state index is 2.66. The second-order valence-corrected chi connectivity index (χ2v) is 8.09. The molecule has 1 aliphatic rings. The molecular formula is C22H46N2. The smallest absolute Gasteiger partial charge is 0.0110 e. The Morgan fingerprint density at radius 2 is 0.875 bits per heavy atom. The Balaban J connectivity index is 1.69. The van der Waals surface area contributed by atoms with Gasteiger partial charge in [-0.3, -0.25) is 0 Å². The van der Waals surface area contributed by atoms with Gasteiger partial charge in [-0.25, -0.2) is 0 Å². The lowest BCUT2D eigenvalue weighted by Crippen LogP contribution is -2.44. The molecule has 0 radical (unpaired) electrons. The molecule has 0 N–H and O–H groups in total. The summed E-state index contributed by atoms with van der Waals surface area (Å²) in [5.74, 6) is 0. The Kier molecular flexibility index (Phi) is 15.0. The molecule has 1 saturated heterocycles. The molecule has 0 aliphatic carbocycles. The Hall–Kier alpha value is -0.0800. The van der Waals surface area contributed by atoms with Crippen LogP contribution in [-0.2, 0) is 0 Å². The topological polar surface area (TPSA) is 6.48 Å². The summed E-state index contributed by atoms with van der Waals surface area (Å²) < 4.78 is 0. The van der Waals surface area contributed by atoms with Crippen molar-refractivity contribution in [2.45, 2.75) is 103 Å². The fourth-order valence-corrected chi connectivity index (χ4v) is 3.78. The molecule has 0 aromatic rings. The van der Waals surface area contributed by atoms with E-state index in [-0.39, 0.29) is 0 Å². The van der Waals surface area contributed by atoms with Crippen molar-refractivity contribution in [3.05, 3.63) is 0 Å². The van der Waals surface area contributed by atoms with Crippen molar-refractivity contribution in [1.82, 2.24) is 9.80 Å². The van der Waals surface area contributed by atoms with Crippen LogP contribution >= 0.6 is 0 Å². The number of nitrogens with zero attached hydrogens (tertiary/aromatic N) is 2. The average Bonchev–Trinajstić information content (AvgIpc) is 2.60. The van der Waals surface area contributed by atoms with Crippen LogP contribution in [0, 0.1) is 0 Å². The number of likely N-dealkylation sites (N-methyl/N-ethyl adjacent to an activating group) is 1. The van der Waals surface area contributed by atoms with Gasteiger partial charge < -0.3 is 9.80 Å². The predicted octanol–water partition coefficient (Wildman–Crippen LogP) is 6.11. The number of hydrogen-bond acceptors (Lipinski definition) is 2. The fourth-order valence-electron chi connectivity index (χ4n) is 3.78. The van der Waals surface area contributed by atoms with Crippen molar-refractivity contribution >= 4 is 0 Å². The maximum absolute atomic E-state index is 2.66. The predicted molar refractivity (Wildman–Crippen MR) is 109 cm³/mol. The van der Waals surface area contributed by atoms with Crippen LogP contribution in [0.25, 0.3) is 0 Å². The zero-order chi connectivity index (χ0) is 17.3. The Labute approximate surface area is 153 Å². The molecule has 0 bridgehead atoms. The largest absolute Gasteiger partial charge is 0.304 e. The average molecular weight is 339 g/mol. The van der Waals surface area contributed by atoms with Gasteiger partial charge in [0.1, 0.15) is 0 Å². The second kappa shape index (κ2) is 16.4. The quantitative estimate of drug-likeness (QED) is 0.313. The van der Waals surface area contributed by atoms with Gasteiger partial charge in [0.15, 0.2) is 0 Å². The molecule has 0 saturated carbocycles. The van der Waals surface area contributed by atoms with Gasteiger partial charge in [-0.05, 0) is 20.0 Å². The molecular weight excluding hydrogens is 292 g/mol. The molecule has 144 valence electrons. The lowest BCUT2D eigenvalue weighted by atomic mass is 10.0. The highest BCUT2D eigenvalue weighted by molar-refractivity contribution is 4.68. The molecule has 2 nitrogen and oxygen atoms in total. The first-order valence-electron chi connectivity index (χ1n) is 11.2. The zero-order valence-corrected chi connectivity index (χ0v) is 17.0. The van der Waals surface area contributed by atoms with Crippen LogP contribution in [0.15, 0.2) is 0 Å². The van der Waals surface area contributed by atoms with Gasteiger partial charge in [0.2, 0.25) is 0 Å². The van der Waals surface area contributed by atoms with Gasteiger partial charge in [-0.15, -0.1) is 0 Å². The summed E-state index contributed by atoms with van der Waals surface area (Å²) in [6, 6.07) is 0. The van der Waals surface area contributed by atoms with E-state index < -0.39 is 0 Å². The first kappa shape index (κ1) is 22.0. The summed E-state index contributed by atoms with van der Waals surface area (Å²) >= 11 is 0. The summed E-state index contributed by atoms with van der Waals surface area (Å²) in [4.78, 5) is 5.10. The highest BCUT2D eigenvalue weighted by Gasteiger charge is 2.12. The molecule has 1 fully saturated rings. The molecule has 0 spiro atoms. The molecule has 1 rings (SSSR count). The van der Waals surface area contributed by atoms with E-state index >= 15 is 0 Å². The van der Waals surface area contributed by atoms with Crippen molar-refractivity contribution in [2.24, 2.45) is 0 Å². The monoisotopic (exact) mass is 338 g/mol. The Morgan fingerprint density at radius 1 is 0.500 bits per heavy atom. The van der Waals surface area contributed by atoms with E-state index in [9.17, 15) is 0 Å². The Morgan fingerprint density at radius 3 is 1.29 bits per heavy atom. The summed E-state index contributed by atoms with van der Waals surface area (Å²) in [7, 11) is 2.24. The third-order valence-electron chi connectivity index (χ3n) is 5.67. The SMILES string of the molecule is CCCCCCCCCCCCCCCCCN1CCN(C)CC1. The van der Waals surface area contributed by atoms with Gasteiger partial charge in [-0.2, -0.15) is 0 Å². The van der Waals surface area contributed by atoms with Crippen LogP contribution < -0.4 is 0 Å². The van der Waals surface area contributed by atoms with Gasteiger partial charge in [0, 0.05) is 26.2 Å². The van der Waals surface area contributed by atoms with Crippen molar-refractivity contribution in [3.63, 3.8) is 0 Å². The van der Waals surface area contributed by atoms with Gasteiger partial charge >= 0.3 is 0 Å². The van der Waals surface area contributed by atoms with Gasteiger partial charge in [-0.1, -0.05) is 96.8 Å². The van der Waals surface area contributed by atoms with Gasteiger partial charge in [0.25, 0.3) is 0 Å². The number of piperazine rings is 1. The molecule has 0 unspecified atom stereocenters. The van der Waals surface area contributed by atoms with E-state index in [1.165, 1.54) is 129 Å². The van der Waals surface area contributed by atoms with Crippen LogP contribution in [0.5, 0.6) is 0 Å². The second-order valence-electron chi connectivity index (χ2n) is 8.09. The zero-order valence-electron chi connectivity index (χ0n) is 17.0. The molecule has 0 atom stereocenters. The van der Waals surface area contributed by atoms with E-state index in [4.69, 9.17) is 0 Å². The van der Waals surface area contributed by atoms with Crippen molar-refractivity contribution in [3.8, 4) is 0 Å². The maximum Gasteiger partial charge on any atom is 0.0110 e.